The normalized spacial score (nSPS) is 9.86. The minimum atomic E-state index is -0.0566. The van der Waals surface area contributed by atoms with Crippen LogP contribution in [0.1, 0.15) is 30.6 Å². The fraction of sp³-hybridized carbons (Fsp3) is 0.467. The number of hydrogen-bond donors (Lipinski definition) is 3. The average Bonchev–Trinajstić information content (AvgIpc) is 2.47. The lowest BCUT2D eigenvalue weighted by atomic mass is 10.2. The zero-order valence-electron chi connectivity index (χ0n) is 12.6. The maximum absolute atomic E-state index is 11.9. The maximum atomic E-state index is 11.9. The molecule has 0 atom stereocenters. The molecule has 0 saturated heterocycles. The highest BCUT2D eigenvalue weighted by molar-refractivity contribution is 9.10. The van der Waals surface area contributed by atoms with E-state index >= 15 is 0 Å². The Morgan fingerprint density at radius 2 is 1.90 bits per heavy atom. The molecule has 1 aromatic carbocycles. The summed E-state index contributed by atoms with van der Waals surface area (Å²) in [6.07, 6.45) is 0.806. The molecule has 3 N–H and O–H groups in total. The largest absolute Gasteiger partial charge is 0.357 e. The van der Waals surface area contributed by atoms with Crippen LogP contribution in [0.4, 0.5) is 0 Å². The Balaban J connectivity index is 2.30. The molecule has 0 aromatic heterocycles. The van der Waals surface area contributed by atoms with Crippen LogP contribution >= 0.6 is 15.9 Å². The van der Waals surface area contributed by atoms with E-state index in [1.54, 1.807) is 6.07 Å². The van der Waals surface area contributed by atoms with Crippen molar-refractivity contribution in [3.8, 4) is 0 Å². The Bertz CT molecular complexity index is 468. The van der Waals surface area contributed by atoms with Crippen LogP contribution in [0.25, 0.3) is 0 Å². The van der Waals surface area contributed by atoms with Gasteiger partial charge in [-0.2, -0.15) is 0 Å². The number of nitrogens with zero attached hydrogens (tertiary/aromatic N) is 1. The number of carbonyl (C=O) groups excluding carboxylic acids is 1. The lowest BCUT2D eigenvalue weighted by molar-refractivity contribution is 0.0953. The highest BCUT2D eigenvalue weighted by Gasteiger charge is 2.04. The van der Waals surface area contributed by atoms with Crippen LogP contribution < -0.4 is 16.0 Å². The number of carbonyl (C=O) groups is 1. The summed E-state index contributed by atoms with van der Waals surface area (Å²) < 4.78 is 0.903. The summed E-state index contributed by atoms with van der Waals surface area (Å²) >= 11 is 3.36. The minimum absolute atomic E-state index is 0.0566. The highest BCUT2D eigenvalue weighted by Crippen LogP contribution is 2.11. The molecule has 21 heavy (non-hydrogen) atoms. The second kappa shape index (κ2) is 10.2. The van der Waals surface area contributed by atoms with Gasteiger partial charge in [0.25, 0.3) is 5.91 Å². The van der Waals surface area contributed by atoms with E-state index in [1.807, 2.05) is 32.0 Å². The maximum Gasteiger partial charge on any atom is 0.251 e. The number of amides is 1. The van der Waals surface area contributed by atoms with Crippen LogP contribution in [0.3, 0.4) is 0 Å². The Morgan fingerprint density at radius 1 is 1.19 bits per heavy atom. The molecule has 116 valence electrons. The van der Waals surface area contributed by atoms with Gasteiger partial charge >= 0.3 is 0 Å². The predicted molar refractivity (Wildman–Crippen MR) is 90.7 cm³/mol. The summed E-state index contributed by atoms with van der Waals surface area (Å²) in [5.74, 6) is 0.761. The van der Waals surface area contributed by atoms with Crippen LogP contribution in [0.2, 0.25) is 0 Å². The molecule has 0 unspecified atom stereocenters. The molecular formula is C15H23BrN4O. The van der Waals surface area contributed by atoms with Crippen LogP contribution in [0.15, 0.2) is 33.7 Å². The molecule has 1 aromatic rings. The quantitative estimate of drug-likeness (QED) is 0.399. The number of halogens is 1. The lowest BCUT2D eigenvalue weighted by Gasteiger charge is -2.09. The van der Waals surface area contributed by atoms with Gasteiger partial charge in [0.05, 0.1) is 0 Å². The van der Waals surface area contributed by atoms with Crippen molar-refractivity contribution in [2.45, 2.75) is 20.3 Å². The average molecular weight is 355 g/mol. The van der Waals surface area contributed by atoms with Crippen molar-refractivity contribution in [2.24, 2.45) is 4.99 Å². The van der Waals surface area contributed by atoms with Crippen LogP contribution in [0.5, 0.6) is 0 Å². The minimum Gasteiger partial charge on any atom is -0.357 e. The lowest BCUT2D eigenvalue weighted by Crippen LogP contribution is -2.37. The van der Waals surface area contributed by atoms with E-state index in [9.17, 15) is 4.79 Å². The number of aliphatic imine (C=N–C) groups is 1. The summed E-state index contributed by atoms with van der Waals surface area (Å²) in [6, 6.07) is 7.35. The van der Waals surface area contributed by atoms with E-state index in [0.717, 1.165) is 29.9 Å². The van der Waals surface area contributed by atoms with E-state index in [1.165, 1.54) is 0 Å². The van der Waals surface area contributed by atoms with Crippen LogP contribution in [-0.2, 0) is 0 Å². The van der Waals surface area contributed by atoms with Crippen molar-refractivity contribution in [1.82, 2.24) is 16.0 Å². The number of guanidine groups is 1. The first-order valence-electron chi connectivity index (χ1n) is 7.23. The monoisotopic (exact) mass is 354 g/mol. The Labute approximate surface area is 134 Å². The SMILES string of the molecule is CCNC(=NCCCNC(=O)c1cccc(Br)c1)NCC. The van der Waals surface area contributed by atoms with Crippen LogP contribution in [0, 0.1) is 0 Å². The standard InChI is InChI=1S/C15H23BrN4O/c1-3-17-15(18-4-2)20-10-6-9-19-14(21)12-7-5-8-13(16)11-12/h5,7-8,11H,3-4,6,9-10H2,1-2H3,(H,19,21)(H2,17,18,20). The van der Waals surface area contributed by atoms with Gasteiger partial charge < -0.3 is 16.0 Å². The molecular weight excluding hydrogens is 332 g/mol. The zero-order chi connectivity index (χ0) is 15.5. The first kappa shape index (κ1) is 17.5. The second-order valence-electron chi connectivity index (χ2n) is 4.41. The molecule has 6 heteroatoms. The van der Waals surface area contributed by atoms with E-state index < -0.39 is 0 Å². The first-order chi connectivity index (χ1) is 10.2. The van der Waals surface area contributed by atoms with Gasteiger partial charge in [-0.25, -0.2) is 0 Å². The zero-order valence-corrected chi connectivity index (χ0v) is 14.2. The molecule has 1 rings (SSSR count). The summed E-state index contributed by atoms with van der Waals surface area (Å²) in [4.78, 5) is 16.3. The fourth-order valence-corrected chi connectivity index (χ4v) is 2.11. The third-order valence-electron chi connectivity index (χ3n) is 2.67. The van der Waals surface area contributed by atoms with Crippen molar-refractivity contribution >= 4 is 27.8 Å². The van der Waals surface area contributed by atoms with Gasteiger partial charge in [0.15, 0.2) is 5.96 Å². The molecule has 0 aliphatic rings. The van der Waals surface area contributed by atoms with E-state index in [2.05, 4.69) is 36.9 Å². The molecule has 1 amide bonds. The molecule has 0 spiro atoms. The molecule has 0 bridgehead atoms. The number of benzene rings is 1. The molecule has 0 fully saturated rings. The third kappa shape index (κ3) is 7.13. The topological polar surface area (TPSA) is 65.5 Å². The highest BCUT2D eigenvalue weighted by atomic mass is 79.9. The van der Waals surface area contributed by atoms with Crippen molar-refractivity contribution < 1.29 is 4.79 Å². The molecule has 0 saturated carbocycles. The predicted octanol–water partition coefficient (Wildman–Crippen LogP) is 2.14. The van der Waals surface area contributed by atoms with Gasteiger partial charge in [0, 0.05) is 36.2 Å². The van der Waals surface area contributed by atoms with Gasteiger partial charge in [-0.15, -0.1) is 0 Å². The number of nitrogens with one attached hydrogen (secondary N) is 3. The van der Waals surface area contributed by atoms with Crippen molar-refractivity contribution in [3.63, 3.8) is 0 Å². The van der Waals surface area contributed by atoms with Crippen LogP contribution in [-0.4, -0.2) is 38.0 Å². The van der Waals surface area contributed by atoms with Crippen molar-refractivity contribution in [1.29, 1.82) is 0 Å². The van der Waals surface area contributed by atoms with E-state index in [4.69, 9.17) is 0 Å². The number of rotatable bonds is 7. The Kier molecular flexibility index (Phi) is 8.50. The van der Waals surface area contributed by atoms with Gasteiger partial charge in [0.2, 0.25) is 0 Å². The molecule has 0 heterocycles. The van der Waals surface area contributed by atoms with Crippen molar-refractivity contribution in [3.05, 3.63) is 34.3 Å². The smallest absolute Gasteiger partial charge is 0.251 e. The molecule has 0 aliphatic carbocycles. The van der Waals surface area contributed by atoms with Crippen molar-refractivity contribution in [2.75, 3.05) is 26.2 Å². The summed E-state index contributed by atoms with van der Waals surface area (Å²) in [6.45, 7) is 7.03. The Hall–Kier alpha value is -1.56. The summed E-state index contributed by atoms with van der Waals surface area (Å²) in [5.41, 5.74) is 0.661. The molecule has 0 aliphatic heterocycles. The van der Waals surface area contributed by atoms with Gasteiger partial charge in [-0.3, -0.25) is 9.79 Å². The molecule has 5 nitrogen and oxygen atoms in total. The fourth-order valence-electron chi connectivity index (χ4n) is 1.71. The number of hydrogen-bond acceptors (Lipinski definition) is 2. The van der Waals surface area contributed by atoms with E-state index in [0.29, 0.717) is 18.7 Å². The Morgan fingerprint density at radius 3 is 2.52 bits per heavy atom. The van der Waals surface area contributed by atoms with Gasteiger partial charge in [0.1, 0.15) is 0 Å². The van der Waals surface area contributed by atoms with Gasteiger partial charge in [-0.1, -0.05) is 22.0 Å². The second-order valence-corrected chi connectivity index (χ2v) is 5.33. The van der Waals surface area contributed by atoms with Gasteiger partial charge in [-0.05, 0) is 38.5 Å². The summed E-state index contributed by atoms with van der Waals surface area (Å²) in [7, 11) is 0. The van der Waals surface area contributed by atoms with E-state index in [-0.39, 0.29) is 5.91 Å². The summed E-state index contributed by atoms with van der Waals surface area (Å²) in [5, 5.41) is 9.22. The third-order valence-corrected chi connectivity index (χ3v) is 3.16. The molecule has 0 radical (unpaired) electrons. The first-order valence-corrected chi connectivity index (χ1v) is 8.02.